The molecule has 0 spiro atoms. The lowest BCUT2D eigenvalue weighted by Crippen LogP contribution is -2.16. The predicted molar refractivity (Wildman–Crippen MR) is 60.5 cm³/mol. The molecule has 84 valence electrons. The number of hydrogen-bond donors (Lipinski definition) is 2. The molecule has 1 rings (SSSR count). The summed E-state index contributed by atoms with van der Waals surface area (Å²) in [6, 6.07) is 3.46. The van der Waals surface area contributed by atoms with Crippen molar-refractivity contribution in [3.05, 3.63) is 34.1 Å². The molecular weight excluding hydrogens is 288 g/mol. The zero-order valence-corrected chi connectivity index (χ0v) is 10.0. The van der Waals surface area contributed by atoms with Crippen LogP contribution in [0.25, 0.3) is 0 Å². The normalized spacial score (nSPS) is 11.7. The molecule has 0 aromatic heterocycles. The van der Waals surface area contributed by atoms with Gasteiger partial charge < -0.3 is 10.8 Å². The first-order valence-electron chi connectivity index (χ1n) is 3.93. The van der Waals surface area contributed by atoms with E-state index in [4.69, 9.17) is 10.8 Å². The van der Waals surface area contributed by atoms with Crippen LogP contribution >= 0.6 is 28.3 Å². The molecule has 0 aliphatic rings. The molecule has 3 nitrogen and oxygen atoms in total. The van der Waals surface area contributed by atoms with Crippen molar-refractivity contribution in [1.29, 1.82) is 0 Å². The van der Waals surface area contributed by atoms with E-state index in [9.17, 15) is 9.18 Å². The molecule has 0 aliphatic heterocycles. The first-order chi connectivity index (χ1) is 6.50. The molecule has 0 heterocycles. The van der Waals surface area contributed by atoms with Crippen molar-refractivity contribution >= 4 is 34.3 Å². The van der Waals surface area contributed by atoms with Gasteiger partial charge in [-0.05, 0) is 18.2 Å². The number of aliphatic carboxylic acids is 1. The van der Waals surface area contributed by atoms with Crippen molar-refractivity contribution in [3.63, 3.8) is 0 Å². The first-order valence-corrected chi connectivity index (χ1v) is 4.72. The Hall–Kier alpha value is -0.650. The number of carbonyl (C=O) groups is 1. The number of carboxylic acids is 1. The van der Waals surface area contributed by atoms with Crippen LogP contribution in [0.3, 0.4) is 0 Å². The highest BCUT2D eigenvalue weighted by molar-refractivity contribution is 9.10. The SMILES string of the molecule is Cl.N[C@@H](CC(=O)O)c1cc(Br)ccc1F. The van der Waals surface area contributed by atoms with Gasteiger partial charge in [-0.1, -0.05) is 15.9 Å². The first kappa shape index (κ1) is 14.3. The second kappa shape index (κ2) is 6.05. The molecule has 0 aliphatic carbocycles. The van der Waals surface area contributed by atoms with E-state index in [-0.39, 0.29) is 24.4 Å². The fourth-order valence-electron chi connectivity index (χ4n) is 1.10. The number of rotatable bonds is 3. The zero-order chi connectivity index (χ0) is 10.7. The summed E-state index contributed by atoms with van der Waals surface area (Å²) in [6.07, 6.45) is -0.284. The van der Waals surface area contributed by atoms with E-state index in [1.807, 2.05) is 0 Å². The van der Waals surface area contributed by atoms with Crippen LogP contribution in [0.4, 0.5) is 4.39 Å². The van der Waals surface area contributed by atoms with E-state index >= 15 is 0 Å². The maximum Gasteiger partial charge on any atom is 0.305 e. The molecule has 1 atom stereocenters. The molecule has 0 bridgehead atoms. The Morgan fingerprint density at radius 2 is 2.20 bits per heavy atom. The van der Waals surface area contributed by atoms with Gasteiger partial charge in [-0.3, -0.25) is 4.79 Å². The van der Waals surface area contributed by atoms with Gasteiger partial charge in [-0.2, -0.15) is 0 Å². The van der Waals surface area contributed by atoms with Crippen molar-refractivity contribution in [2.45, 2.75) is 12.5 Å². The summed E-state index contributed by atoms with van der Waals surface area (Å²) in [6.45, 7) is 0. The Labute approximate surface area is 101 Å². The van der Waals surface area contributed by atoms with E-state index in [2.05, 4.69) is 15.9 Å². The lowest BCUT2D eigenvalue weighted by molar-refractivity contribution is -0.137. The molecule has 0 saturated heterocycles. The van der Waals surface area contributed by atoms with Crippen molar-refractivity contribution in [3.8, 4) is 0 Å². The van der Waals surface area contributed by atoms with Crippen LogP contribution in [-0.2, 0) is 4.79 Å². The van der Waals surface area contributed by atoms with Crippen molar-refractivity contribution < 1.29 is 14.3 Å². The van der Waals surface area contributed by atoms with Crippen LogP contribution in [0.15, 0.2) is 22.7 Å². The molecule has 0 unspecified atom stereocenters. The van der Waals surface area contributed by atoms with Gasteiger partial charge in [-0.15, -0.1) is 12.4 Å². The average molecular weight is 299 g/mol. The standard InChI is InChI=1S/C9H9BrFNO2.ClH/c10-5-1-2-7(11)6(3-5)8(12)4-9(13)14;/h1-3,8H,4,12H2,(H,13,14);1H/t8-;/m0./s1. The summed E-state index contributed by atoms with van der Waals surface area (Å²) < 4.78 is 13.9. The number of benzene rings is 1. The lowest BCUT2D eigenvalue weighted by atomic mass is 10.0. The highest BCUT2D eigenvalue weighted by Crippen LogP contribution is 2.22. The van der Waals surface area contributed by atoms with Gasteiger partial charge >= 0.3 is 5.97 Å². The average Bonchev–Trinajstić information content (AvgIpc) is 2.08. The monoisotopic (exact) mass is 297 g/mol. The molecule has 3 N–H and O–H groups in total. The minimum Gasteiger partial charge on any atom is -0.481 e. The smallest absolute Gasteiger partial charge is 0.305 e. The van der Waals surface area contributed by atoms with Gasteiger partial charge in [0.1, 0.15) is 5.82 Å². The molecular formula is C9H10BrClFNO2. The minimum absolute atomic E-state index is 0. The van der Waals surface area contributed by atoms with Crippen LogP contribution < -0.4 is 5.73 Å². The van der Waals surface area contributed by atoms with Crippen LogP contribution in [0.1, 0.15) is 18.0 Å². The van der Waals surface area contributed by atoms with E-state index in [0.717, 1.165) is 0 Å². The highest BCUT2D eigenvalue weighted by Gasteiger charge is 2.14. The van der Waals surface area contributed by atoms with Gasteiger partial charge in [0.15, 0.2) is 0 Å². The van der Waals surface area contributed by atoms with Crippen LogP contribution in [0.5, 0.6) is 0 Å². The van der Waals surface area contributed by atoms with E-state index < -0.39 is 17.8 Å². The fraction of sp³-hybridized carbons (Fsp3) is 0.222. The number of carboxylic acid groups (broad SMARTS) is 1. The third kappa shape index (κ3) is 4.15. The van der Waals surface area contributed by atoms with Crippen LogP contribution in [-0.4, -0.2) is 11.1 Å². The molecule has 0 amide bonds. The van der Waals surface area contributed by atoms with Gasteiger partial charge in [0.2, 0.25) is 0 Å². The Morgan fingerprint density at radius 3 is 2.73 bits per heavy atom. The van der Waals surface area contributed by atoms with Crippen LogP contribution in [0.2, 0.25) is 0 Å². The molecule has 15 heavy (non-hydrogen) atoms. The predicted octanol–water partition coefficient (Wildman–Crippen LogP) is 2.48. The lowest BCUT2D eigenvalue weighted by Gasteiger charge is -2.10. The highest BCUT2D eigenvalue weighted by atomic mass is 79.9. The van der Waals surface area contributed by atoms with E-state index in [1.165, 1.54) is 18.2 Å². The van der Waals surface area contributed by atoms with Gasteiger partial charge in [0, 0.05) is 16.1 Å². The Bertz CT molecular complexity index is 362. The third-order valence-corrected chi connectivity index (χ3v) is 2.25. The second-order valence-corrected chi connectivity index (χ2v) is 3.79. The number of hydrogen-bond acceptors (Lipinski definition) is 2. The van der Waals surface area contributed by atoms with Gasteiger partial charge in [0.05, 0.1) is 6.42 Å². The van der Waals surface area contributed by atoms with Crippen molar-refractivity contribution in [2.75, 3.05) is 0 Å². The molecule has 0 radical (unpaired) electrons. The largest absolute Gasteiger partial charge is 0.481 e. The van der Waals surface area contributed by atoms with E-state index in [0.29, 0.717) is 4.47 Å². The molecule has 6 heteroatoms. The van der Waals surface area contributed by atoms with E-state index in [1.54, 1.807) is 0 Å². The number of halogens is 3. The molecule has 0 fully saturated rings. The second-order valence-electron chi connectivity index (χ2n) is 2.87. The maximum atomic E-state index is 13.2. The Balaban J connectivity index is 0.00000196. The Kier molecular flexibility index (Phi) is 5.79. The molecule has 1 aromatic rings. The van der Waals surface area contributed by atoms with Gasteiger partial charge in [0.25, 0.3) is 0 Å². The fourth-order valence-corrected chi connectivity index (χ4v) is 1.48. The summed E-state index contributed by atoms with van der Waals surface area (Å²) in [5, 5.41) is 8.49. The maximum absolute atomic E-state index is 13.2. The summed E-state index contributed by atoms with van der Waals surface area (Å²) in [7, 11) is 0. The molecule has 0 saturated carbocycles. The molecule has 1 aromatic carbocycles. The summed E-state index contributed by atoms with van der Waals surface area (Å²) in [5.74, 6) is -1.53. The number of nitrogens with two attached hydrogens (primary N) is 1. The zero-order valence-electron chi connectivity index (χ0n) is 7.61. The van der Waals surface area contributed by atoms with Crippen molar-refractivity contribution in [1.82, 2.24) is 0 Å². The Morgan fingerprint density at radius 1 is 1.60 bits per heavy atom. The minimum atomic E-state index is -1.04. The van der Waals surface area contributed by atoms with Gasteiger partial charge in [-0.25, -0.2) is 4.39 Å². The van der Waals surface area contributed by atoms with Crippen LogP contribution in [0, 0.1) is 5.82 Å². The topological polar surface area (TPSA) is 63.3 Å². The summed E-state index contributed by atoms with van der Waals surface area (Å²) in [4.78, 5) is 10.4. The third-order valence-electron chi connectivity index (χ3n) is 1.75. The quantitative estimate of drug-likeness (QED) is 0.901. The van der Waals surface area contributed by atoms with Crippen molar-refractivity contribution in [2.24, 2.45) is 5.73 Å². The summed E-state index contributed by atoms with van der Waals surface area (Å²) >= 11 is 3.16. The summed E-state index contributed by atoms with van der Waals surface area (Å²) in [5.41, 5.74) is 5.73.